The Morgan fingerprint density at radius 2 is 1.95 bits per heavy atom. The predicted molar refractivity (Wildman–Crippen MR) is 157 cm³/mol. The fraction of sp³-hybridized carbons (Fsp3) is 0.323. The maximum Gasteiger partial charge on any atom is 0.306 e. The van der Waals surface area contributed by atoms with Crippen molar-refractivity contribution in [1.29, 1.82) is 0 Å². The summed E-state index contributed by atoms with van der Waals surface area (Å²) in [7, 11) is -1.34. The number of nitrogens with zero attached hydrogens (tertiary/aromatic N) is 1. The number of ether oxygens (including phenoxy) is 1. The first-order chi connectivity index (χ1) is 18.8. The number of phenols is 1. The smallest absolute Gasteiger partial charge is 0.306 e. The fourth-order valence-corrected chi connectivity index (χ4v) is 6.16. The van der Waals surface area contributed by atoms with Crippen LogP contribution in [0.25, 0.3) is 0 Å². The molecule has 1 aliphatic rings. The second-order valence-electron chi connectivity index (χ2n) is 9.64. The highest BCUT2D eigenvalue weighted by atomic mass is 32.2. The van der Waals surface area contributed by atoms with Crippen LogP contribution >= 0.6 is 0 Å². The van der Waals surface area contributed by atoms with E-state index in [0.717, 1.165) is 34.4 Å². The van der Waals surface area contributed by atoms with Gasteiger partial charge in [-0.3, -0.25) is 4.79 Å². The molecule has 8 heteroatoms. The zero-order valence-electron chi connectivity index (χ0n) is 22.8. The molecule has 3 aromatic rings. The zero-order valence-corrected chi connectivity index (χ0v) is 23.6. The van der Waals surface area contributed by atoms with Gasteiger partial charge in [0.2, 0.25) is 0 Å². The molecule has 0 spiro atoms. The summed E-state index contributed by atoms with van der Waals surface area (Å²) in [6, 6.07) is 16.8. The Kier molecular flexibility index (Phi) is 9.43. The molecule has 0 amide bonds. The van der Waals surface area contributed by atoms with Crippen molar-refractivity contribution in [2.24, 2.45) is 0 Å². The zero-order chi connectivity index (χ0) is 27.9. The quantitative estimate of drug-likeness (QED) is 0.177. The van der Waals surface area contributed by atoms with Crippen molar-refractivity contribution < 1.29 is 18.8 Å². The number of nitrogens with one attached hydrogen (secondary N) is 1. The molecule has 4 rings (SSSR count). The number of carbonyl (C=O) groups is 1. The first-order valence-electron chi connectivity index (χ1n) is 13.3. The molecule has 0 radical (unpaired) electrons. The number of fused-ring (bicyclic) bond motifs is 1. The topological polar surface area (TPSA) is 105 Å². The van der Waals surface area contributed by atoms with Gasteiger partial charge >= 0.3 is 5.97 Å². The third-order valence-electron chi connectivity index (χ3n) is 7.14. The number of phenolic OH excluding ortho intramolecular Hbond substituents is 1. The van der Waals surface area contributed by atoms with Crippen molar-refractivity contribution in [3.8, 4) is 5.75 Å². The molecule has 0 aromatic heterocycles. The average molecular weight is 548 g/mol. The van der Waals surface area contributed by atoms with Gasteiger partial charge in [0.15, 0.2) is 0 Å². The van der Waals surface area contributed by atoms with E-state index in [4.69, 9.17) is 10.5 Å². The normalized spacial score (nSPS) is 15.1. The molecule has 1 heterocycles. The van der Waals surface area contributed by atoms with Gasteiger partial charge in [0.25, 0.3) is 0 Å². The lowest BCUT2D eigenvalue weighted by atomic mass is 9.83. The molecule has 7 nitrogen and oxygen atoms in total. The molecule has 0 saturated heterocycles. The molecule has 0 saturated carbocycles. The minimum atomic E-state index is -1.34. The monoisotopic (exact) mass is 547 g/mol. The third-order valence-corrected chi connectivity index (χ3v) is 8.59. The van der Waals surface area contributed by atoms with E-state index in [1.54, 1.807) is 24.3 Å². The summed E-state index contributed by atoms with van der Waals surface area (Å²) < 4.78 is 20.5. The lowest BCUT2D eigenvalue weighted by Crippen LogP contribution is -2.32. The van der Waals surface area contributed by atoms with Gasteiger partial charge in [-0.2, -0.15) is 0 Å². The van der Waals surface area contributed by atoms with Crippen molar-refractivity contribution in [1.82, 2.24) is 4.31 Å². The molecule has 0 aliphatic carbocycles. The van der Waals surface area contributed by atoms with Crippen LogP contribution in [-0.4, -0.2) is 39.3 Å². The molecule has 4 N–H and O–H groups in total. The van der Waals surface area contributed by atoms with Gasteiger partial charge in [-0.15, -0.1) is 0 Å². The van der Waals surface area contributed by atoms with E-state index in [2.05, 4.69) is 23.5 Å². The fourth-order valence-electron chi connectivity index (χ4n) is 4.98. The minimum absolute atomic E-state index is 0.148. The first-order valence-corrected chi connectivity index (χ1v) is 14.4. The van der Waals surface area contributed by atoms with Crippen LogP contribution in [0.4, 0.5) is 11.4 Å². The van der Waals surface area contributed by atoms with E-state index in [1.807, 2.05) is 49.4 Å². The van der Waals surface area contributed by atoms with Crippen LogP contribution in [0.2, 0.25) is 0 Å². The lowest BCUT2D eigenvalue weighted by Gasteiger charge is -2.29. The average Bonchev–Trinajstić information content (AvgIpc) is 2.94. The largest absolute Gasteiger partial charge is 0.508 e. The first kappa shape index (κ1) is 28.4. The van der Waals surface area contributed by atoms with Crippen molar-refractivity contribution in [2.45, 2.75) is 51.0 Å². The summed E-state index contributed by atoms with van der Waals surface area (Å²) in [4.78, 5) is 13.4. The number of allylic oxidation sites excluding steroid dienone is 1. The summed E-state index contributed by atoms with van der Waals surface area (Å²) in [5, 5.41) is 12.9. The summed E-state index contributed by atoms with van der Waals surface area (Å²) in [5.41, 5.74) is 13.3. The van der Waals surface area contributed by atoms with Crippen molar-refractivity contribution in [2.75, 3.05) is 30.7 Å². The van der Waals surface area contributed by atoms with E-state index in [1.165, 1.54) is 5.56 Å². The molecule has 2 unspecified atom stereocenters. The van der Waals surface area contributed by atoms with Crippen LogP contribution in [-0.2, 0) is 33.5 Å². The van der Waals surface area contributed by atoms with Crippen molar-refractivity contribution in [3.05, 3.63) is 94.6 Å². The van der Waals surface area contributed by atoms with Crippen LogP contribution in [0.5, 0.6) is 5.75 Å². The number of benzene rings is 3. The second-order valence-corrected chi connectivity index (χ2v) is 11.1. The maximum absolute atomic E-state index is 13.3. The van der Waals surface area contributed by atoms with Gasteiger partial charge in [0.1, 0.15) is 16.7 Å². The van der Waals surface area contributed by atoms with Gasteiger partial charge in [0.05, 0.1) is 29.3 Å². The Labute approximate surface area is 233 Å². The minimum Gasteiger partial charge on any atom is -0.508 e. The van der Waals surface area contributed by atoms with Crippen molar-refractivity contribution in [3.63, 3.8) is 0 Å². The highest BCUT2D eigenvalue weighted by Crippen LogP contribution is 2.37. The van der Waals surface area contributed by atoms with Crippen LogP contribution in [0, 0.1) is 6.92 Å². The predicted octanol–water partition coefficient (Wildman–Crippen LogP) is 5.44. The number of esters is 1. The number of rotatable bonds is 10. The number of hydrogen-bond donors (Lipinski definition) is 3. The highest BCUT2D eigenvalue weighted by Gasteiger charge is 2.26. The van der Waals surface area contributed by atoms with Gasteiger partial charge < -0.3 is 20.9 Å². The standard InChI is InChI=1S/C31H37N3O4S/c1-4-6-16-33-29-14-13-27(21(3)31(29)32)28(19-30(36)38-5-2)23-8-7-22-15-17-34(20-24(22)18-23)39(37)26-11-9-25(35)10-12-26/h4,6-14,18,28,33,35H,5,15-17,19-20,32H2,1-3H3/b6-4+. The van der Waals surface area contributed by atoms with E-state index in [0.29, 0.717) is 36.8 Å². The van der Waals surface area contributed by atoms with E-state index in [9.17, 15) is 14.1 Å². The number of carbonyl (C=O) groups excluding carboxylic acids is 1. The molecule has 0 bridgehead atoms. The van der Waals surface area contributed by atoms with Crippen LogP contribution in [0.15, 0.2) is 71.6 Å². The molecule has 1 aliphatic heterocycles. The van der Waals surface area contributed by atoms with Crippen molar-refractivity contribution >= 4 is 28.3 Å². The number of nitrogens with two attached hydrogens (primary N) is 1. The molecule has 3 aromatic carbocycles. The molecular weight excluding hydrogens is 510 g/mol. The lowest BCUT2D eigenvalue weighted by molar-refractivity contribution is -0.143. The SMILES string of the molecule is C/C=C/CNc1ccc(C(CC(=O)OCC)c2ccc3c(c2)CN(S(=O)c2ccc(O)cc2)CC3)c(C)c1N. The summed E-state index contributed by atoms with van der Waals surface area (Å²) in [6.07, 6.45) is 4.98. The van der Waals surface area contributed by atoms with Crippen LogP contribution in [0.3, 0.4) is 0 Å². The Morgan fingerprint density at radius 3 is 2.67 bits per heavy atom. The van der Waals surface area contributed by atoms with Crippen LogP contribution < -0.4 is 11.1 Å². The molecular formula is C31H37N3O4S. The van der Waals surface area contributed by atoms with E-state index in [-0.39, 0.29) is 24.1 Å². The Hall–Kier alpha value is -3.62. The van der Waals surface area contributed by atoms with Gasteiger partial charge in [-0.05, 0) is 85.3 Å². The number of aromatic hydroxyl groups is 1. The number of hydrogen-bond acceptors (Lipinski definition) is 6. The summed E-state index contributed by atoms with van der Waals surface area (Å²) in [6.45, 7) is 7.97. The molecule has 206 valence electrons. The summed E-state index contributed by atoms with van der Waals surface area (Å²) in [5.74, 6) is -0.350. The van der Waals surface area contributed by atoms with E-state index < -0.39 is 11.0 Å². The second kappa shape index (κ2) is 13.0. The van der Waals surface area contributed by atoms with Crippen LogP contribution in [0.1, 0.15) is 54.0 Å². The number of anilines is 2. The Balaban J connectivity index is 1.65. The molecule has 39 heavy (non-hydrogen) atoms. The summed E-state index contributed by atoms with van der Waals surface area (Å²) >= 11 is 0. The van der Waals surface area contributed by atoms with Gasteiger partial charge in [0, 0.05) is 25.6 Å². The molecule has 0 fully saturated rings. The number of nitrogen functional groups attached to an aromatic ring is 1. The van der Waals surface area contributed by atoms with E-state index >= 15 is 0 Å². The van der Waals surface area contributed by atoms with Gasteiger partial charge in [-0.1, -0.05) is 36.4 Å². The third kappa shape index (κ3) is 6.69. The maximum atomic E-state index is 13.3. The van der Waals surface area contributed by atoms with Gasteiger partial charge in [-0.25, -0.2) is 8.51 Å². The molecule has 2 atom stereocenters. The Morgan fingerprint density at radius 1 is 1.18 bits per heavy atom. The highest BCUT2D eigenvalue weighted by molar-refractivity contribution is 7.82. The Bertz CT molecular complexity index is 1370.